The number of likely N-dealkylation sites (N-methyl/N-ethyl adjacent to an activating group) is 1. The lowest BCUT2D eigenvalue weighted by Gasteiger charge is -2.24. The van der Waals surface area contributed by atoms with Crippen LogP contribution in [0.2, 0.25) is 10.0 Å². The molecule has 0 atom stereocenters. The maximum absolute atomic E-state index is 5.98. The molecule has 1 heterocycles. The van der Waals surface area contributed by atoms with Gasteiger partial charge in [-0.25, -0.2) is 0 Å². The molecule has 1 N–H and O–H groups in total. The van der Waals surface area contributed by atoms with Gasteiger partial charge >= 0.3 is 0 Å². The van der Waals surface area contributed by atoms with Crippen molar-refractivity contribution in [3.05, 3.63) is 28.2 Å². The summed E-state index contributed by atoms with van der Waals surface area (Å²) in [6.45, 7) is 4.06. The van der Waals surface area contributed by atoms with Gasteiger partial charge in [0, 0.05) is 35.4 Å². The molecule has 1 aliphatic heterocycles. The van der Waals surface area contributed by atoms with E-state index in [1.807, 2.05) is 12.1 Å². The van der Waals surface area contributed by atoms with E-state index in [0.29, 0.717) is 10.0 Å². The number of rotatable bonds is 1. The molecule has 0 unspecified atom stereocenters. The average Bonchev–Trinajstić information content (AvgIpc) is 2.52. The SMILES string of the molecule is CN1CCCN(C(=S)Nc2cc(Cl)cc(Cl)c2)CC1. The van der Waals surface area contributed by atoms with Gasteiger partial charge in [0.2, 0.25) is 0 Å². The summed E-state index contributed by atoms with van der Waals surface area (Å²) in [7, 11) is 2.14. The molecule has 1 aromatic carbocycles. The van der Waals surface area contributed by atoms with Crippen LogP contribution in [0.25, 0.3) is 0 Å². The van der Waals surface area contributed by atoms with Crippen molar-refractivity contribution in [2.24, 2.45) is 0 Å². The number of nitrogens with one attached hydrogen (secondary N) is 1. The van der Waals surface area contributed by atoms with Crippen molar-refractivity contribution in [1.29, 1.82) is 0 Å². The van der Waals surface area contributed by atoms with Gasteiger partial charge in [-0.05, 0) is 50.4 Å². The topological polar surface area (TPSA) is 18.5 Å². The number of halogens is 2. The lowest BCUT2D eigenvalue weighted by Crippen LogP contribution is -2.37. The first kappa shape index (κ1) is 14.9. The first-order valence-corrected chi connectivity index (χ1v) is 7.41. The van der Waals surface area contributed by atoms with Crippen LogP contribution in [-0.2, 0) is 0 Å². The molecule has 19 heavy (non-hydrogen) atoms. The highest BCUT2D eigenvalue weighted by Gasteiger charge is 2.14. The number of anilines is 1. The highest BCUT2D eigenvalue weighted by atomic mass is 35.5. The van der Waals surface area contributed by atoms with E-state index in [1.54, 1.807) is 6.07 Å². The molecule has 3 nitrogen and oxygen atoms in total. The fourth-order valence-electron chi connectivity index (χ4n) is 2.08. The Labute approximate surface area is 129 Å². The minimum atomic E-state index is 0.605. The van der Waals surface area contributed by atoms with Crippen LogP contribution in [0.4, 0.5) is 5.69 Å². The second-order valence-corrected chi connectivity index (χ2v) is 5.99. The zero-order valence-electron chi connectivity index (χ0n) is 10.8. The molecule has 1 fully saturated rings. The van der Waals surface area contributed by atoms with Crippen LogP contribution < -0.4 is 5.32 Å². The molecule has 1 aromatic rings. The molecule has 0 aliphatic carbocycles. The van der Waals surface area contributed by atoms with Crippen molar-refractivity contribution in [3.63, 3.8) is 0 Å². The van der Waals surface area contributed by atoms with Crippen molar-refractivity contribution >= 4 is 46.2 Å². The van der Waals surface area contributed by atoms with Gasteiger partial charge in [-0.1, -0.05) is 23.2 Å². The molecule has 0 radical (unpaired) electrons. The predicted molar refractivity (Wildman–Crippen MR) is 86.4 cm³/mol. The summed E-state index contributed by atoms with van der Waals surface area (Å²) in [5, 5.41) is 5.15. The Hall–Kier alpha value is -0.550. The second-order valence-electron chi connectivity index (χ2n) is 4.73. The molecule has 0 bridgehead atoms. The molecule has 1 aliphatic rings. The van der Waals surface area contributed by atoms with E-state index >= 15 is 0 Å². The number of nitrogens with zero attached hydrogens (tertiary/aromatic N) is 2. The van der Waals surface area contributed by atoms with Crippen molar-refractivity contribution < 1.29 is 0 Å². The molecule has 0 amide bonds. The lowest BCUT2D eigenvalue weighted by molar-refractivity contribution is 0.347. The number of hydrogen-bond donors (Lipinski definition) is 1. The van der Waals surface area contributed by atoms with Crippen LogP contribution in [0, 0.1) is 0 Å². The minimum absolute atomic E-state index is 0.605. The third-order valence-corrected chi connectivity index (χ3v) is 3.92. The monoisotopic (exact) mass is 317 g/mol. The van der Waals surface area contributed by atoms with Gasteiger partial charge in [0.1, 0.15) is 0 Å². The van der Waals surface area contributed by atoms with E-state index in [2.05, 4.69) is 22.2 Å². The summed E-state index contributed by atoms with van der Waals surface area (Å²) >= 11 is 17.4. The third-order valence-electron chi connectivity index (χ3n) is 3.12. The van der Waals surface area contributed by atoms with E-state index in [9.17, 15) is 0 Å². The van der Waals surface area contributed by atoms with Gasteiger partial charge in [-0.2, -0.15) is 0 Å². The van der Waals surface area contributed by atoms with Gasteiger partial charge in [-0.15, -0.1) is 0 Å². The average molecular weight is 318 g/mol. The molecule has 0 spiro atoms. The van der Waals surface area contributed by atoms with Gasteiger partial charge in [0.15, 0.2) is 5.11 Å². The Bertz CT molecular complexity index is 447. The number of benzene rings is 1. The number of thiocarbonyl (C=S) groups is 1. The van der Waals surface area contributed by atoms with E-state index < -0.39 is 0 Å². The van der Waals surface area contributed by atoms with Crippen molar-refractivity contribution in [2.45, 2.75) is 6.42 Å². The van der Waals surface area contributed by atoms with Crippen LogP contribution >= 0.6 is 35.4 Å². The zero-order valence-corrected chi connectivity index (χ0v) is 13.2. The molecular formula is C13H17Cl2N3S. The van der Waals surface area contributed by atoms with Gasteiger partial charge in [0.25, 0.3) is 0 Å². The Kier molecular flexibility index (Phi) is 5.28. The fourth-order valence-corrected chi connectivity index (χ4v) is 2.90. The normalized spacial score (nSPS) is 17.1. The van der Waals surface area contributed by atoms with E-state index in [1.165, 1.54) is 0 Å². The third kappa shape index (κ3) is 4.49. The van der Waals surface area contributed by atoms with Gasteiger partial charge < -0.3 is 15.1 Å². The van der Waals surface area contributed by atoms with Crippen molar-refractivity contribution in [3.8, 4) is 0 Å². The smallest absolute Gasteiger partial charge is 0.173 e. The van der Waals surface area contributed by atoms with Gasteiger partial charge in [0.05, 0.1) is 0 Å². The van der Waals surface area contributed by atoms with Crippen molar-refractivity contribution in [2.75, 3.05) is 38.5 Å². The molecule has 0 saturated carbocycles. The largest absolute Gasteiger partial charge is 0.348 e. The Morgan fingerprint density at radius 1 is 1.11 bits per heavy atom. The summed E-state index contributed by atoms with van der Waals surface area (Å²) in [5.41, 5.74) is 0.833. The van der Waals surface area contributed by atoms with Crippen LogP contribution in [0.15, 0.2) is 18.2 Å². The summed E-state index contributed by atoms with van der Waals surface area (Å²) in [4.78, 5) is 4.51. The first-order valence-electron chi connectivity index (χ1n) is 6.25. The molecule has 104 valence electrons. The molecule has 0 aromatic heterocycles. The first-order chi connectivity index (χ1) is 9.04. The minimum Gasteiger partial charge on any atom is -0.348 e. The zero-order chi connectivity index (χ0) is 13.8. The second kappa shape index (κ2) is 6.75. The molecule has 6 heteroatoms. The quantitative estimate of drug-likeness (QED) is 0.800. The summed E-state index contributed by atoms with van der Waals surface area (Å²) in [6.07, 6.45) is 1.12. The molecule has 2 rings (SSSR count). The Morgan fingerprint density at radius 3 is 2.47 bits per heavy atom. The van der Waals surface area contributed by atoms with E-state index in [4.69, 9.17) is 35.4 Å². The molecule has 1 saturated heterocycles. The fraction of sp³-hybridized carbons (Fsp3) is 0.462. The van der Waals surface area contributed by atoms with Crippen LogP contribution in [0.1, 0.15) is 6.42 Å². The maximum Gasteiger partial charge on any atom is 0.173 e. The Balaban J connectivity index is 2.00. The van der Waals surface area contributed by atoms with Crippen LogP contribution in [0.3, 0.4) is 0 Å². The van der Waals surface area contributed by atoms with Crippen molar-refractivity contribution in [1.82, 2.24) is 9.80 Å². The van der Waals surface area contributed by atoms with E-state index in [-0.39, 0.29) is 0 Å². The molecular weight excluding hydrogens is 301 g/mol. The maximum atomic E-state index is 5.98. The summed E-state index contributed by atoms with van der Waals surface area (Å²) in [5.74, 6) is 0. The van der Waals surface area contributed by atoms with Crippen LogP contribution in [0.5, 0.6) is 0 Å². The lowest BCUT2D eigenvalue weighted by atomic mass is 10.3. The van der Waals surface area contributed by atoms with Gasteiger partial charge in [-0.3, -0.25) is 0 Å². The Morgan fingerprint density at radius 2 is 1.79 bits per heavy atom. The number of hydrogen-bond acceptors (Lipinski definition) is 2. The summed E-state index contributed by atoms with van der Waals surface area (Å²) < 4.78 is 0. The standard InChI is InChI=1S/C13H17Cl2N3S/c1-17-3-2-4-18(6-5-17)13(19)16-12-8-10(14)7-11(15)9-12/h7-9H,2-6H2,1H3,(H,16,19). The van der Waals surface area contributed by atoms with Crippen LogP contribution in [-0.4, -0.2) is 48.1 Å². The highest BCUT2D eigenvalue weighted by Crippen LogP contribution is 2.22. The van der Waals surface area contributed by atoms with E-state index in [0.717, 1.165) is 43.4 Å². The summed E-state index contributed by atoms with van der Waals surface area (Å²) in [6, 6.07) is 5.35. The predicted octanol–water partition coefficient (Wildman–Crippen LogP) is 3.33. The highest BCUT2D eigenvalue weighted by molar-refractivity contribution is 7.80.